The number of benzene rings is 3. The number of imide groups is 1. The van der Waals surface area contributed by atoms with Crippen LogP contribution in [-0.2, 0) is 14.3 Å². The minimum absolute atomic E-state index is 0.0738. The predicted octanol–water partition coefficient (Wildman–Crippen LogP) is 6.61. The van der Waals surface area contributed by atoms with E-state index in [1.54, 1.807) is 54.6 Å². The second-order valence-corrected chi connectivity index (χ2v) is 12.1. The smallest absolute Gasteiger partial charge is 0.339 e. The van der Waals surface area contributed by atoms with Gasteiger partial charge in [0.05, 0.1) is 34.3 Å². The molecule has 9 heteroatoms. The van der Waals surface area contributed by atoms with E-state index in [0.29, 0.717) is 39.7 Å². The van der Waals surface area contributed by atoms with Gasteiger partial charge in [-0.15, -0.1) is 11.6 Å². The lowest BCUT2D eigenvalue weighted by molar-refractivity contribution is -0.123. The summed E-state index contributed by atoms with van der Waals surface area (Å²) in [6.07, 6.45) is 1.93. The van der Waals surface area contributed by atoms with Crippen LogP contribution in [0.1, 0.15) is 46.4 Å². The number of halogens is 2. The number of hydrogen-bond donors (Lipinski definition) is 0. The van der Waals surface area contributed by atoms with Gasteiger partial charge in [-0.25, -0.2) is 14.2 Å². The number of aromatic nitrogens is 1. The van der Waals surface area contributed by atoms with Crippen LogP contribution in [0.2, 0.25) is 0 Å². The zero-order chi connectivity index (χ0) is 30.5. The number of carbonyl (C=O) groups excluding carboxylic acids is 4. The highest BCUT2D eigenvalue weighted by atomic mass is 35.5. The Labute approximate surface area is 258 Å². The number of pyridine rings is 1. The van der Waals surface area contributed by atoms with Crippen molar-refractivity contribution >= 4 is 51.8 Å². The van der Waals surface area contributed by atoms with Crippen molar-refractivity contribution in [2.75, 3.05) is 10.8 Å². The zero-order valence-electron chi connectivity index (χ0n) is 23.6. The number of amides is 2. The van der Waals surface area contributed by atoms with Crippen molar-refractivity contribution in [2.24, 2.45) is 23.7 Å². The molecule has 3 fully saturated rings. The Morgan fingerprint density at radius 3 is 2.25 bits per heavy atom. The van der Waals surface area contributed by atoms with Gasteiger partial charge in [-0.2, -0.15) is 0 Å². The van der Waals surface area contributed by atoms with Crippen LogP contribution in [0.25, 0.3) is 22.2 Å². The Kier molecular flexibility index (Phi) is 7.25. The highest BCUT2D eigenvalue weighted by molar-refractivity contribution is 6.22. The Bertz CT molecular complexity index is 1780. The minimum atomic E-state index is -1.16. The number of fused-ring (bicyclic) bond motifs is 6. The Morgan fingerprint density at radius 2 is 1.59 bits per heavy atom. The molecule has 5 atom stereocenters. The average Bonchev–Trinajstić information content (AvgIpc) is 3.73. The molecule has 2 aliphatic carbocycles. The summed E-state index contributed by atoms with van der Waals surface area (Å²) in [5, 5.41) is 0.547. The van der Waals surface area contributed by atoms with E-state index in [2.05, 4.69) is 0 Å². The number of carbonyl (C=O) groups is 4. The molecule has 3 aliphatic rings. The molecule has 44 heavy (non-hydrogen) atoms. The van der Waals surface area contributed by atoms with Crippen LogP contribution in [0.4, 0.5) is 10.1 Å². The second-order valence-electron chi connectivity index (χ2n) is 11.8. The maximum absolute atomic E-state index is 13.6. The van der Waals surface area contributed by atoms with E-state index in [1.807, 2.05) is 0 Å². The van der Waals surface area contributed by atoms with Crippen LogP contribution < -0.4 is 4.90 Å². The van der Waals surface area contributed by atoms with Gasteiger partial charge in [0.2, 0.25) is 17.6 Å². The first-order valence-corrected chi connectivity index (χ1v) is 15.3. The van der Waals surface area contributed by atoms with Crippen molar-refractivity contribution in [1.82, 2.24) is 4.98 Å². The van der Waals surface area contributed by atoms with Gasteiger partial charge >= 0.3 is 5.97 Å². The number of nitrogens with zero attached hydrogens (tertiary/aromatic N) is 2. The fourth-order valence-electron chi connectivity index (χ4n) is 7.27. The van der Waals surface area contributed by atoms with Gasteiger partial charge in [-0.3, -0.25) is 19.3 Å². The van der Waals surface area contributed by atoms with Crippen LogP contribution in [0, 0.1) is 29.5 Å². The number of esters is 1. The zero-order valence-corrected chi connectivity index (χ0v) is 24.4. The fraction of sp³-hybridized carbons (Fsp3) is 0.286. The Balaban J connectivity index is 1.17. The van der Waals surface area contributed by atoms with E-state index in [4.69, 9.17) is 21.3 Å². The minimum Gasteiger partial charge on any atom is -0.450 e. The van der Waals surface area contributed by atoms with Crippen molar-refractivity contribution < 1.29 is 28.3 Å². The molecule has 3 aromatic carbocycles. The predicted molar refractivity (Wildman–Crippen MR) is 163 cm³/mol. The molecule has 2 saturated carbocycles. The molecule has 0 N–H and O–H groups in total. The molecule has 2 amide bonds. The highest BCUT2D eigenvalue weighted by Gasteiger charge is 2.61. The molecular formula is C35H28ClFN2O5. The lowest BCUT2D eigenvalue weighted by Crippen LogP contribution is -2.32. The van der Waals surface area contributed by atoms with Crippen LogP contribution in [-0.4, -0.2) is 40.5 Å². The molecule has 5 unspecified atom stereocenters. The number of anilines is 1. The summed E-state index contributed by atoms with van der Waals surface area (Å²) in [6.45, 7) is 0. The lowest BCUT2D eigenvalue weighted by Gasteiger charge is -2.19. The standard InChI is InChI=1S/C35H28ClFN2O5/c36-16-15-29(32(40)20-7-11-23(37)12-8-20)44-35(43)26-18-28(38-27-4-2-1-3-25(26)27)19-9-13-24(14-10-19)39-33(41)30-21-5-6-22(17-21)31(30)34(39)42/h1-4,7-14,18,21-22,29-31H,5-6,15-17H2. The van der Waals surface area contributed by atoms with E-state index in [-0.39, 0.29) is 47.1 Å². The van der Waals surface area contributed by atoms with Gasteiger partial charge in [-0.1, -0.05) is 30.3 Å². The number of hydrogen-bond acceptors (Lipinski definition) is 6. The van der Waals surface area contributed by atoms with E-state index >= 15 is 0 Å². The normalized spacial score (nSPS) is 22.8. The fourth-order valence-corrected chi connectivity index (χ4v) is 7.47. The summed E-state index contributed by atoms with van der Waals surface area (Å²) < 4.78 is 19.1. The average molecular weight is 611 g/mol. The van der Waals surface area contributed by atoms with Crippen molar-refractivity contribution in [3.05, 3.63) is 95.8 Å². The molecule has 7 rings (SSSR count). The van der Waals surface area contributed by atoms with Gasteiger partial charge in [-0.05, 0) is 79.6 Å². The SMILES string of the molecule is O=C(OC(CCCl)C(=O)c1ccc(F)cc1)c1cc(-c2ccc(N3C(=O)C4C5CCC(C5)C4C3=O)cc2)nc2ccccc12. The summed E-state index contributed by atoms with van der Waals surface area (Å²) in [5.74, 6) is -1.59. The van der Waals surface area contributed by atoms with E-state index < -0.39 is 23.7 Å². The van der Waals surface area contributed by atoms with Crippen molar-refractivity contribution in [3.8, 4) is 11.3 Å². The largest absolute Gasteiger partial charge is 0.450 e. The van der Waals surface area contributed by atoms with Crippen LogP contribution >= 0.6 is 11.6 Å². The number of ketones is 1. The van der Waals surface area contributed by atoms with Crippen molar-refractivity contribution in [2.45, 2.75) is 31.8 Å². The molecule has 4 aromatic rings. The van der Waals surface area contributed by atoms with Gasteiger partial charge in [0.1, 0.15) is 5.82 Å². The molecule has 1 aromatic heterocycles. The lowest BCUT2D eigenvalue weighted by atomic mass is 9.81. The number of rotatable bonds is 8. The first kappa shape index (κ1) is 28.3. The summed E-state index contributed by atoms with van der Waals surface area (Å²) in [6, 6.07) is 20.8. The number of ether oxygens (including phenoxy) is 1. The third kappa shape index (κ3) is 4.78. The molecule has 0 radical (unpaired) electrons. The second kappa shape index (κ2) is 11.2. The van der Waals surface area contributed by atoms with E-state index in [1.165, 1.54) is 29.2 Å². The van der Waals surface area contributed by atoms with Gasteiger partial charge in [0, 0.05) is 28.8 Å². The molecular weight excluding hydrogens is 583 g/mol. The number of Topliss-reactive ketones (excluding diaryl/α,β-unsaturated/α-hetero) is 1. The summed E-state index contributed by atoms with van der Waals surface area (Å²) in [4.78, 5) is 59.4. The van der Waals surface area contributed by atoms with E-state index in [9.17, 15) is 23.6 Å². The first-order chi connectivity index (χ1) is 21.3. The summed E-state index contributed by atoms with van der Waals surface area (Å²) in [5.41, 5.74) is 2.66. The molecule has 1 saturated heterocycles. The molecule has 2 bridgehead atoms. The number of alkyl halides is 1. The molecule has 1 aliphatic heterocycles. The van der Waals surface area contributed by atoms with Crippen LogP contribution in [0.5, 0.6) is 0 Å². The van der Waals surface area contributed by atoms with Crippen molar-refractivity contribution in [3.63, 3.8) is 0 Å². The quantitative estimate of drug-likeness (QED) is 0.0964. The van der Waals surface area contributed by atoms with E-state index in [0.717, 1.165) is 19.3 Å². The van der Waals surface area contributed by atoms with Crippen LogP contribution in [0.3, 0.4) is 0 Å². The van der Waals surface area contributed by atoms with Gasteiger partial charge in [0.25, 0.3) is 0 Å². The Hall–Kier alpha value is -4.43. The van der Waals surface area contributed by atoms with Gasteiger partial charge < -0.3 is 4.74 Å². The number of para-hydroxylation sites is 1. The molecule has 0 spiro atoms. The maximum atomic E-state index is 13.6. The van der Waals surface area contributed by atoms with Crippen molar-refractivity contribution in [1.29, 1.82) is 0 Å². The topological polar surface area (TPSA) is 93.6 Å². The summed E-state index contributed by atoms with van der Waals surface area (Å²) >= 11 is 5.95. The summed E-state index contributed by atoms with van der Waals surface area (Å²) in [7, 11) is 0. The first-order valence-electron chi connectivity index (χ1n) is 14.8. The maximum Gasteiger partial charge on any atom is 0.339 e. The molecule has 7 nitrogen and oxygen atoms in total. The highest BCUT2D eigenvalue weighted by Crippen LogP contribution is 2.56. The van der Waals surface area contributed by atoms with Crippen LogP contribution in [0.15, 0.2) is 78.9 Å². The van der Waals surface area contributed by atoms with Gasteiger partial charge in [0.15, 0.2) is 6.10 Å². The monoisotopic (exact) mass is 610 g/mol. The Morgan fingerprint density at radius 1 is 0.932 bits per heavy atom. The third-order valence-corrected chi connectivity index (χ3v) is 9.54. The molecule has 222 valence electrons. The third-order valence-electron chi connectivity index (χ3n) is 9.33. The molecule has 2 heterocycles.